The number of carboxylic acid groups (broad SMARTS) is 1. The minimum Gasteiger partial charge on any atom is -0.480 e. The number of aryl methyl sites for hydroxylation is 1. The van der Waals surface area contributed by atoms with Crippen LogP contribution in [-0.2, 0) is 17.8 Å². The lowest BCUT2D eigenvalue weighted by Gasteiger charge is -2.21. The third-order valence-corrected chi connectivity index (χ3v) is 6.57. The molecule has 0 saturated heterocycles. The zero-order valence-electron chi connectivity index (χ0n) is 19.5. The average molecular weight is 465 g/mol. The lowest BCUT2D eigenvalue weighted by atomic mass is 9.90. The van der Waals surface area contributed by atoms with E-state index in [1.165, 1.54) is 42.8 Å². The van der Waals surface area contributed by atoms with Gasteiger partial charge in [-0.2, -0.15) is 0 Å². The monoisotopic (exact) mass is 464 g/mol. The van der Waals surface area contributed by atoms with E-state index in [2.05, 4.69) is 59.9 Å². The van der Waals surface area contributed by atoms with Crippen molar-refractivity contribution in [3.8, 4) is 0 Å². The molecule has 0 fully saturated rings. The van der Waals surface area contributed by atoms with Crippen molar-refractivity contribution in [1.82, 2.24) is 10.2 Å². The normalized spacial score (nSPS) is 11.3. The second kappa shape index (κ2) is 10.0. The van der Waals surface area contributed by atoms with Crippen LogP contribution in [0.5, 0.6) is 0 Å². The Kier molecular flexibility index (Phi) is 6.49. The number of aliphatic carboxylic acids is 1. The van der Waals surface area contributed by atoms with Crippen molar-refractivity contribution < 1.29 is 14.7 Å². The van der Waals surface area contributed by atoms with E-state index in [0.717, 1.165) is 24.8 Å². The molecule has 0 saturated carbocycles. The van der Waals surface area contributed by atoms with Crippen molar-refractivity contribution in [2.24, 2.45) is 0 Å². The first-order valence-corrected chi connectivity index (χ1v) is 12.0. The number of carbonyl (C=O) groups excluding carboxylic acids is 1. The molecule has 2 N–H and O–H groups in total. The molecule has 176 valence electrons. The second-order valence-corrected chi connectivity index (χ2v) is 9.01. The minimum atomic E-state index is -1.02. The van der Waals surface area contributed by atoms with E-state index in [0.29, 0.717) is 6.54 Å². The minimum absolute atomic E-state index is 0.265. The maximum atomic E-state index is 12.7. The Morgan fingerprint density at radius 2 is 1.49 bits per heavy atom. The molecule has 5 aromatic carbocycles. The summed E-state index contributed by atoms with van der Waals surface area (Å²) >= 11 is 0. The standard InChI is InChI=1S/C30H28N2O3/c33-27(34)20-32(19-21-8-2-1-3-9-21)30(35)31-17-5-4-10-24-18-25-13-6-11-22-15-16-23-12-7-14-26(24)29(23)28(22)25/h1-3,6-9,11-16,18H,4-5,10,17,19-20H2,(H,31,35)(H,33,34). The predicted molar refractivity (Wildman–Crippen MR) is 141 cm³/mol. The van der Waals surface area contributed by atoms with Gasteiger partial charge in [-0.1, -0.05) is 84.9 Å². The summed E-state index contributed by atoms with van der Waals surface area (Å²) in [5.74, 6) is -1.02. The first-order valence-electron chi connectivity index (χ1n) is 12.0. The summed E-state index contributed by atoms with van der Waals surface area (Å²) in [5.41, 5.74) is 2.22. The highest BCUT2D eigenvalue weighted by molar-refractivity contribution is 6.23. The molecular weight excluding hydrogens is 436 g/mol. The van der Waals surface area contributed by atoms with Gasteiger partial charge in [-0.05, 0) is 62.7 Å². The van der Waals surface area contributed by atoms with Crippen LogP contribution in [-0.4, -0.2) is 35.1 Å². The summed E-state index contributed by atoms with van der Waals surface area (Å²) in [5, 5.41) is 19.9. The molecule has 5 aromatic rings. The first-order chi connectivity index (χ1) is 17.1. The summed E-state index contributed by atoms with van der Waals surface area (Å²) < 4.78 is 0. The second-order valence-electron chi connectivity index (χ2n) is 9.01. The van der Waals surface area contributed by atoms with Crippen molar-refractivity contribution in [3.05, 3.63) is 96.1 Å². The molecule has 5 nitrogen and oxygen atoms in total. The van der Waals surface area contributed by atoms with Gasteiger partial charge in [0.05, 0.1) is 0 Å². The number of carboxylic acids is 1. The Labute approximate surface area is 204 Å². The van der Waals surface area contributed by atoms with Crippen LogP contribution in [0.2, 0.25) is 0 Å². The molecule has 0 aliphatic rings. The van der Waals surface area contributed by atoms with Gasteiger partial charge >= 0.3 is 12.0 Å². The number of nitrogens with one attached hydrogen (secondary N) is 1. The Morgan fingerprint density at radius 1 is 0.771 bits per heavy atom. The Morgan fingerprint density at radius 3 is 2.26 bits per heavy atom. The molecule has 35 heavy (non-hydrogen) atoms. The van der Waals surface area contributed by atoms with E-state index < -0.39 is 5.97 Å². The third kappa shape index (κ3) is 4.90. The zero-order valence-corrected chi connectivity index (χ0v) is 19.5. The molecular formula is C30H28N2O3. The summed E-state index contributed by atoms with van der Waals surface area (Å²) in [6.45, 7) is 0.441. The molecule has 0 spiro atoms. The van der Waals surface area contributed by atoms with E-state index in [9.17, 15) is 14.7 Å². The van der Waals surface area contributed by atoms with Crippen molar-refractivity contribution in [2.45, 2.75) is 25.8 Å². The van der Waals surface area contributed by atoms with Crippen LogP contribution < -0.4 is 5.32 Å². The molecule has 0 radical (unpaired) electrons. The van der Waals surface area contributed by atoms with E-state index in [1.54, 1.807) is 0 Å². The summed E-state index contributed by atoms with van der Waals surface area (Å²) in [6.07, 6.45) is 2.66. The number of benzene rings is 5. The number of rotatable bonds is 9. The molecule has 0 heterocycles. The largest absolute Gasteiger partial charge is 0.480 e. The van der Waals surface area contributed by atoms with Gasteiger partial charge in [0.2, 0.25) is 0 Å². The SMILES string of the molecule is O=C(O)CN(Cc1ccccc1)C(=O)NCCCCc1cc2cccc3ccc4cccc1c4c32. The van der Waals surface area contributed by atoms with Gasteiger partial charge in [0.15, 0.2) is 0 Å². The molecule has 5 rings (SSSR count). The quantitative estimate of drug-likeness (QED) is 0.201. The summed E-state index contributed by atoms with van der Waals surface area (Å²) in [4.78, 5) is 25.3. The van der Waals surface area contributed by atoms with E-state index in [-0.39, 0.29) is 19.1 Å². The van der Waals surface area contributed by atoms with Gasteiger partial charge in [0.1, 0.15) is 6.54 Å². The van der Waals surface area contributed by atoms with Gasteiger partial charge in [0.25, 0.3) is 0 Å². The van der Waals surface area contributed by atoms with Gasteiger partial charge in [-0.25, -0.2) is 4.79 Å². The number of hydrogen-bond acceptors (Lipinski definition) is 2. The molecule has 5 heteroatoms. The first kappa shape index (κ1) is 22.7. The number of amides is 2. The van der Waals surface area contributed by atoms with Crippen LogP contribution in [0.25, 0.3) is 32.3 Å². The molecule has 0 aliphatic heterocycles. The molecule has 0 atom stereocenters. The van der Waals surface area contributed by atoms with Crippen LogP contribution >= 0.6 is 0 Å². The van der Waals surface area contributed by atoms with Gasteiger partial charge in [0, 0.05) is 13.1 Å². The van der Waals surface area contributed by atoms with Crippen molar-refractivity contribution in [1.29, 1.82) is 0 Å². The molecule has 0 bridgehead atoms. The summed E-state index contributed by atoms with van der Waals surface area (Å²) in [6, 6.07) is 28.7. The topological polar surface area (TPSA) is 69.6 Å². The van der Waals surface area contributed by atoms with Crippen LogP contribution in [0.1, 0.15) is 24.0 Å². The number of carbonyl (C=O) groups is 2. The highest BCUT2D eigenvalue weighted by atomic mass is 16.4. The smallest absolute Gasteiger partial charge is 0.323 e. The lowest BCUT2D eigenvalue weighted by Crippen LogP contribution is -2.42. The summed E-state index contributed by atoms with van der Waals surface area (Å²) in [7, 11) is 0. The van der Waals surface area contributed by atoms with Gasteiger partial charge < -0.3 is 15.3 Å². The van der Waals surface area contributed by atoms with Crippen LogP contribution in [0.4, 0.5) is 4.79 Å². The molecule has 0 aliphatic carbocycles. The van der Waals surface area contributed by atoms with E-state index in [1.807, 2.05) is 30.3 Å². The fourth-order valence-corrected chi connectivity index (χ4v) is 4.96. The number of unbranched alkanes of at least 4 members (excludes halogenated alkanes) is 1. The zero-order chi connectivity index (χ0) is 24.2. The maximum Gasteiger partial charge on any atom is 0.323 e. The highest BCUT2D eigenvalue weighted by Gasteiger charge is 2.17. The van der Waals surface area contributed by atoms with Crippen LogP contribution in [0.3, 0.4) is 0 Å². The van der Waals surface area contributed by atoms with E-state index in [4.69, 9.17) is 0 Å². The fourth-order valence-electron chi connectivity index (χ4n) is 4.96. The van der Waals surface area contributed by atoms with Crippen LogP contribution in [0, 0.1) is 0 Å². The third-order valence-electron chi connectivity index (χ3n) is 6.57. The average Bonchev–Trinajstić information content (AvgIpc) is 2.87. The number of hydrogen-bond donors (Lipinski definition) is 2. The number of urea groups is 1. The number of nitrogens with zero attached hydrogens (tertiary/aromatic N) is 1. The van der Waals surface area contributed by atoms with E-state index >= 15 is 0 Å². The van der Waals surface area contributed by atoms with Crippen LogP contribution in [0.15, 0.2) is 84.9 Å². The Balaban J connectivity index is 1.23. The lowest BCUT2D eigenvalue weighted by molar-refractivity contribution is -0.137. The van der Waals surface area contributed by atoms with Crippen molar-refractivity contribution in [2.75, 3.05) is 13.1 Å². The molecule has 0 unspecified atom stereocenters. The van der Waals surface area contributed by atoms with Crippen molar-refractivity contribution >= 4 is 44.3 Å². The fraction of sp³-hybridized carbons (Fsp3) is 0.200. The van der Waals surface area contributed by atoms with Gasteiger partial charge in [-0.3, -0.25) is 4.79 Å². The van der Waals surface area contributed by atoms with Gasteiger partial charge in [-0.15, -0.1) is 0 Å². The Bertz CT molecular complexity index is 1480. The Hall–Kier alpha value is -4.12. The predicted octanol–water partition coefficient (Wildman–Crippen LogP) is 6.20. The molecule has 0 aromatic heterocycles. The van der Waals surface area contributed by atoms with Crippen molar-refractivity contribution in [3.63, 3.8) is 0 Å². The highest BCUT2D eigenvalue weighted by Crippen LogP contribution is 2.36. The molecule has 2 amide bonds. The maximum absolute atomic E-state index is 12.7.